The van der Waals surface area contributed by atoms with E-state index in [0.29, 0.717) is 6.04 Å². The Morgan fingerprint density at radius 1 is 1.43 bits per heavy atom. The quantitative estimate of drug-likeness (QED) is 0.758. The Morgan fingerprint density at radius 3 is 2.93 bits per heavy atom. The minimum Gasteiger partial charge on any atom is -0.361 e. The van der Waals surface area contributed by atoms with Gasteiger partial charge in [-0.2, -0.15) is 0 Å². The van der Waals surface area contributed by atoms with Gasteiger partial charge in [0.05, 0.1) is 24.1 Å². The van der Waals surface area contributed by atoms with Crippen LogP contribution in [0.4, 0.5) is 5.82 Å². The largest absolute Gasteiger partial charge is 0.361 e. The average molecular weight is 192 g/mol. The van der Waals surface area contributed by atoms with Gasteiger partial charge in [0, 0.05) is 14.1 Å². The highest BCUT2D eigenvalue weighted by Gasteiger charge is 2.18. The molecule has 0 unspecified atom stereocenters. The molecular formula is C10H16N4. The fourth-order valence-corrected chi connectivity index (χ4v) is 1.69. The van der Waals surface area contributed by atoms with Crippen LogP contribution in [0.25, 0.3) is 0 Å². The molecule has 1 saturated heterocycles. The van der Waals surface area contributed by atoms with Crippen LogP contribution in [-0.4, -0.2) is 30.6 Å². The molecule has 0 amide bonds. The fraction of sp³-hybridized carbons (Fsp3) is 0.600. The number of rotatable bonds is 2. The first-order chi connectivity index (χ1) is 6.77. The van der Waals surface area contributed by atoms with Gasteiger partial charge in [0.2, 0.25) is 0 Å². The second kappa shape index (κ2) is 3.92. The number of hydrogen-bond donors (Lipinski definition) is 1. The van der Waals surface area contributed by atoms with Crippen molar-refractivity contribution in [1.29, 1.82) is 0 Å². The third kappa shape index (κ3) is 1.85. The average Bonchev–Trinajstić information content (AvgIpc) is 2.71. The van der Waals surface area contributed by atoms with E-state index in [4.69, 9.17) is 0 Å². The van der Waals surface area contributed by atoms with E-state index in [9.17, 15) is 0 Å². The second-order valence-electron chi connectivity index (χ2n) is 3.85. The highest BCUT2D eigenvalue weighted by atomic mass is 15.2. The maximum atomic E-state index is 4.56. The molecule has 14 heavy (non-hydrogen) atoms. The fourth-order valence-electron chi connectivity index (χ4n) is 1.69. The van der Waals surface area contributed by atoms with Crippen LogP contribution in [0.15, 0.2) is 12.4 Å². The van der Waals surface area contributed by atoms with Crippen LogP contribution in [-0.2, 0) is 0 Å². The van der Waals surface area contributed by atoms with Crippen molar-refractivity contribution in [2.45, 2.75) is 18.9 Å². The van der Waals surface area contributed by atoms with Crippen LogP contribution >= 0.6 is 0 Å². The molecule has 1 aliphatic heterocycles. The van der Waals surface area contributed by atoms with Crippen molar-refractivity contribution in [2.75, 3.05) is 25.5 Å². The second-order valence-corrected chi connectivity index (χ2v) is 3.85. The van der Waals surface area contributed by atoms with Gasteiger partial charge in [-0.1, -0.05) is 0 Å². The minimum atomic E-state index is 0.405. The van der Waals surface area contributed by atoms with E-state index >= 15 is 0 Å². The van der Waals surface area contributed by atoms with Crippen LogP contribution < -0.4 is 10.2 Å². The van der Waals surface area contributed by atoms with Gasteiger partial charge < -0.3 is 10.2 Å². The summed E-state index contributed by atoms with van der Waals surface area (Å²) in [5, 5.41) is 3.42. The summed E-state index contributed by atoms with van der Waals surface area (Å²) in [6.45, 7) is 1.10. The molecule has 4 heteroatoms. The van der Waals surface area contributed by atoms with E-state index in [0.717, 1.165) is 18.1 Å². The molecule has 2 heterocycles. The van der Waals surface area contributed by atoms with Gasteiger partial charge in [0.15, 0.2) is 0 Å². The van der Waals surface area contributed by atoms with E-state index < -0.39 is 0 Å². The first-order valence-corrected chi connectivity index (χ1v) is 5.00. The Balaban J connectivity index is 2.21. The van der Waals surface area contributed by atoms with Crippen molar-refractivity contribution in [3.05, 3.63) is 18.1 Å². The van der Waals surface area contributed by atoms with Gasteiger partial charge >= 0.3 is 0 Å². The summed E-state index contributed by atoms with van der Waals surface area (Å²) in [4.78, 5) is 10.7. The first-order valence-electron chi connectivity index (χ1n) is 5.00. The molecule has 2 rings (SSSR count). The molecule has 0 aromatic carbocycles. The molecule has 1 N–H and O–H groups in total. The maximum absolute atomic E-state index is 4.56. The first kappa shape index (κ1) is 9.40. The molecular weight excluding hydrogens is 176 g/mol. The van der Waals surface area contributed by atoms with Crippen molar-refractivity contribution in [3.8, 4) is 0 Å². The van der Waals surface area contributed by atoms with E-state index in [1.807, 2.05) is 25.2 Å². The van der Waals surface area contributed by atoms with Crippen molar-refractivity contribution in [1.82, 2.24) is 15.3 Å². The van der Waals surface area contributed by atoms with Crippen LogP contribution in [0.1, 0.15) is 24.6 Å². The lowest BCUT2D eigenvalue weighted by Gasteiger charge is -2.14. The number of nitrogens with zero attached hydrogens (tertiary/aromatic N) is 3. The molecule has 1 aromatic heterocycles. The van der Waals surface area contributed by atoms with Gasteiger partial charge in [0.1, 0.15) is 5.82 Å². The Hall–Kier alpha value is -1.16. The van der Waals surface area contributed by atoms with Gasteiger partial charge in [-0.25, -0.2) is 4.98 Å². The summed E-state index contributed by atoms with van der Waals surface area (Å²) in [5.74, 6) is 0.927. The summed E-state index contributed by atoms with van der Waals surface area (Å²) < 4.78 is 0. The normalized spacial score (nSPS) is 21.1. The molecule has 0 aliphatic carbocycles. The zero-order valence-electron chi connectivity index (χ0n) is 8.70. The van der Waals surface area contributed by atoms with Gasteiger partial charge in [-0.05, 0) is 19.4 Å². The molecule has 0 saturated carbocycles. The summed E-state index contributed by atoms with van der Waals surface area (Å²) in [6.07, 6.45) is 6.05. The Bertz CT molecular complexity index is 305. The molecule has 1 fully saturated rings. The van der Waals surface area contributed by atoms with Crippen LogP contribution in [0.5, 0.6) is 0 Å². The predicted molar refractivity (Wildman–Crippen MR) is 56.3 cm³/mol. The van der Waals surface area contributed by atoms with Crippen molar-refractivity contribution < 1.29 is 0 Å². The standard InChI is InChI=1S/C10H16N4/c1-14(2)10-7-11-6-9(13-10)8-4-3-5-12-8/h6-8,12H,3-5H2,1-2H3/t8-/m1/s1. The predicted octanol–water partition coefficient (Wildman–Crippen LogP) is 0.967. The molecule has 1 atom stereocenters. The zero-order valence-corrected chi connectivity index (χ0v) is 8.70. The Labute approximate surface area is 84.4 Å². The Morgan fingerprint density at radius 2 is 2.29 bits per heavy atom. The lowest BCUT2D eigenvalue weighted by molar-refractivity contribution is 0.624. The smallest absolute Gasteiger partial charge is 0.146 e. The molecule has 0 spiro atoms. The summed E-state index contributed by atoms with van der Waals surface area (Å²) >= 11 is 0. The van der Waals surface area contributed by atoms with Crippen LogP contribution in [0, 0.1) is 0 Å². The molecule has 1 aliphatic rings. The summed E-state index contributed by atoms with van der Waals surface area (Å²) in [5.41, 5.74) is 1.06. The third-order valence-electron chi connectivity index (χ3n) is 2.52. The number of nitrogens with one attached hydrogen (secondary N) is 1. The van der Waals surface area contributed by atoms with E-state index in [-0.39, 0.29) is 0 Å². The highest BCUT2D eigenvalue weighted by Crippen LogP contribution is 2.21. The van der Waals surface area contributed by atoms with Crippen molar-refractivity contribution in [3.63, 3.8) is 0 Å². The van der Waals surface area contributed by atoms with Gasteiger partial charge in [-0.15, -0.1) is 0 Å². The van der Waals surface area contributed by atoms with Gasteiger partial charge in [0.25, 0.3) is 0 Å². The summed E-state index contributed by atoms with van der Waals surface area (Å²) in [7, 11) is 3.96. The van der Waals surface area contributed by atoms with E-state index in [1.165, 1.54) is 12.8 Å². The number of aromatic nitrogens is 2. The van der Waals surface area contributed by atoms with E-state index in [1.54, 1.807) is 6.20 Å². The molecule has 76 valence electrons. The van der Waals surface area contributed by atoms with Crippen LogP contribution in [0.3, 0.4) is 0 Å². The van der Waals surface area contributed by atoms with Crippen molar-refractivity contribution >= 4 is 5.82 Å². The lowest BCUT2D eigenvalue weighted by atomic mass is 10.2. The topological polar surface area (TPSA) is 41.1 Å². The number of hydrogen-bond acceptors (Lipinski definition) is 4. The Kier molecular flexibility index (Phi) is 2.63. The number of anilines is 1. The SMILES string of the molecule is CN(C)c1cncc([C@H]2CCCN2)n1. The molecule has 4 nitrogen and oxygen atoms in total. The monoisotopic (exact) mass is 192 g/mol. The van der Waals surface area contributed by atoms with Gasteiger partial charge in [-0.3, -0.25) is 4.98 Å². The third-order valence-corrected chi connectivity index (χ3v) is 2.52. The maximum Gasteiger partial charge on any atom is 0.146 e. The summed E-state index contributed by atoms with van der Waals surface area (Å²) in [6, 6.07) is 0.405. The van der Waals surface area contributed by atoms with Crippen LogP contribution in [0.2, 0.25) is 0 Å². The molecule has 1 aromatic rings. The molecule has 0 radical (unpaired) electrons. The highest BCUT2D eigenvalue weighted by molar-refractivity contribution is 5.34. The van der Waals surface area contributed by atoms with E-state index in [2.05, 4.69) is 15.3 Å². The molecule has 0 bridgehead atoms. The van der Waals surface area contributed by atoms with Crippen molar-refractivity contribution in [2.24, 2.45) is 0 Å². The minimum absolute atomic E-state index is 0.405. The lowest BCUT2D eigenvalue weighted by Crippen LogP contribution is -2.17. The zero-order chi connectivity index (χ0) is 9.97.